The van der Waals surface area contributed by atoms with Crippen LogP contribution in [0.3, 0.4) is 0 Å². The molecule has 1 aliphatic rings. The molecule has 0 spiro atoms. The molecule has 0 unspecified atom stereocenters. The predicted molar refractivity (Wildman–Crippen MR) is 96.0 cm³/mol. The third-order valence-corrected chi connectivity index (χ3v) is 5.38. The zero-order chi connectivity index (χ0) is 17.0. The number of nitrogens with one attached hydrogen (secondary N) is 2. The number of hydrogen-bond donors (Lipinski definition) is 3. The van der Waals surface area contributed by atoms with Crippen molar-refractivity contribution in [2.75, 3.05) is 5.32 Å². The normalized spacial score (nSPS) is 16.6. The second kappa shape index (κ2) is 5.36. The molecular weight excluding hydrogens is 346 g/mol. The van der Waals surface area contributed by atoms with Gasteiger partial charge in [-0.25, -0.2) is 4.98 Å². The molecule has 0 saturated heterocycles. The Hall–Kier alpha value is -2.31. The van der Waals surface area contributed by atoms with E-state index >= 15 is 0 Å². The van der Waals surface area contributed by atoms with Crippen LogP contribution in [0.25, 0.3) is 10.2 Å². The Morgan fingerprint density at radius 2 is 2.04 bits per heavy atom. The maximum absolute atomic E-state index is 12.5. The van der Waals surface area contributed by atoms with E-state index in [-0.39, 0.29) is 11.7 Å². The minimum atomic E-state index is -0.554. The van der Waals surface area contributed by atoms with E-state index in [2.05, 4.69) is 15.6 Å². The summed E-state index contributed by atoms with van der Waals surface area (Å²) in [4.78, 5) is 18.5. The van der Waals surface area contributed by atoms with Gasteiger partial charge in [0.05, 0.1) is 5.69 Å². The molecule has 0 bridgehead atoms. The number of pyridine rings is 1. The van der Waals surface area contributed by atoms with Crippen LogP contribution in [0.5, 0.6) is 5.75 Å². The Morgan fingerprint density at radius 1 is 1.25 bits per heavy atom. The van der Waals surface area contributed by atoms with Gasteiger partial charge < -0.3 is 15.7 Å². The van der Waals surface area contributed by atoms with Gasteiger partial charge in [0, 0.05) is 21.7 Å². The molecule has 1 aliphatic heterocycles. The molecule has 1 aromatic carbocycles. The molecule has 4 rings (SSSR count). The van der Waals surface area contributed by atoms with Crippen molar-refractivity contribution in [3.8, 4) is 5.75 Å². The van der Waals surface area contributed by atoms with E-state index in [1.165, 1.54) is 17.4 Å². The molecule has 1 atom stereocenters. The van der Waals surface area contributed by atoms with Gasteiger partial charge in [0.1, 0.15) is 21.6 Å². The molecule has 3 N–H and O–H groups in total. The van der Waals surface area contributed by atoms with Crippen molar-refractivity contribution in [2.24, 2.45) is 0 Å². The molecular formula is C17H14ClN3O2S. The quantitative estimate of drug-likeness (QED) is 0.610. The summed E-state index contributed by atoms with van der Waals surface area (Å²) in [6, 6.07) is 6.76. The van der Waals surface area contributed by atoms with E-state index in [9.17, 15) is 9.90 Å². The maximum atomic E-state index is 12.5. The first-order valence-electron chi connectivity index (χ1n) is 7.40. The van der Waals surface area contributed by atoms with E-state index in [0.29, 0.717) is 15.5 Å². The van der Waals surface area contributed by atoms with Gasteiger partial charge in [-0.05, 0) is 43.7 Å². The molecule has 2 aromatic heterocycles. The topological polar surface area (TPSA) is 74.2 Å². The summed E-state index contributed by atoms with van der Waals surface area (Å²) in [6.45, 7) is 3.94. The summed E-state index contributed by atoms with van der Waals surface area (Å²) in [5, 5.41) is 17.7. The molecule has 122 valence electrons. The lowest BCUT2D eigenvalue weighted by Gasteiger charge is -2.27. The summed E-state index contributed by atoms with van der Waals surface area (Å²) in [5.41, 5.74) is 3.26. The first kappa shape index (κ1) is 15.2. The van der Waals surface area contributed by atoms with Gasteiger partial charge in [0.25, 0.3) is 5.91 Å². The van der Waals surface area contributed by atoms with Crippen LogP contribution in [0.15, 0.2) is 24.3 Å². The lowest BCUT2D eigenvalue weighted by Crippen LogP contribution is -2.37. The number of nitrogens with zero attached hydrogens (tertiary/aromatic N) is 1. The number of benzene rings is 1. The number of thiophene rings is 1. The highest BCUT2D eigenvalue weighted by atomic mass is 35.5. The number of aromatic hydroxyl groups is 1. The number of carbonyl (C=O) groups is 1. The SMILES string of the molecule is Cc1cc(C)c2c3c(sc2n1)C(=O)N[C@@H](c1cc(Cl)ccc1O)N3. The van der Waals surface area contributed by atoms with Crippen LogP contribution in [0.2, 0.25) is 5.02 Å². The van der Waals surface area contributed by atoms with Crippen LogP contribution >= 0.6 is 22.9 Å². The largest absolute Gasteiger partial charge is 0.508 e. The van der Waals surface area contributed by atoms with Gasteiger partial charge in [0.15, 0.2) is 0 Å². The summed E-state index contributed by atoms with van der Waals surface area (Å²) < 4.78 is 0. The van der Waals surface area contributed by atoms with Gasteiger partial charge in [-0.15, -0.1) is 11.3 Å². The Bertz CT molecular complexity index is 999. The number of amides is 1. The molecule has 0 fully saturated rings. The second-order valence-corrected chi connectivity index (χ2v) is 7.26. The maximum Gasteiger partial charge on any atom is 0.265 e. The number of halogens is 1. The highest BCUT2D eigenvalue weighted by molar-refractivity contribution is 7.21. The summed E-state index contributed by atoms with van der Waals surface area (Å²) in [7, 11) is 0. The number of anilines is 1. The minimum absolute atomic E-state index is 0.0749. The lowest BCUT2D eigenvalue weighted by molar-refractivity contribution is 0.0940. The number of aryl methyl sites for hydroxylation is 2. The molecule has 7 heteroatoms. The first-order chi connectivity index (χ1) is 11.4. The van der Waals surface area contributed by atoms with E-state index in [1.807, 2.05) is 19.9 Å². The van der Waals surface area contributed by atoms with Crippen LogP contribution in [-0.2, 0) is 0 Å². The van der Waals surface area contributed by atoms with Gasteiger partial charge >= 0.3 is 0 Å². The van der Waals surface area contributed by atoms with Gasteiger partial charge in [-0.3, -0.25) is 4.79 Å². The lowest BCUT2D eigenvalue weighted by atomic mass is 10.1. The van der Waals surface area contributed by atoms with E-state index in [1.54, 1.807) is 12.1 Å². The molecule has 3 heterocycles. The van der Waals surface area contributed by atoms with Crippen LogP contribution in [0.1, 0.15) is 32.7 Å². The van der Waals surface area contributed by atoms with Gasteiger partial charge in [-0.1, -0.05) is 11.6 Å². The van der Waals surface area contributed by atoms with Crippen molar-refractivity contribution in [1.82, 2.24) is 10.3 Å². The van der Waals surface area contributed by atoms with Gasteiger partial charge in [0.2, 0.25) is 0 Å². The number of rotatable bonds is 1. The average molecular weight is 360 g/mol. The fourth-order valence-electron chi connectivity index (χ4n) is 3.03. The van der Waals surface area contributed by atoms with Crippen molar-refractivity contribution in [3.63, 3.8) is 0 Å². The average Bonchev–Trinajstić information content (AvgIpc) is 2.88. The number of carbonyl (C=O) groups excluding carboxylic acids is 1. The monoisotopic (exact) mass is 359 g/mol. The molecule has 3 aromatic rings. The highest BCUT2D eigenvalue weighted by Crippen LogP contribution is 2.42. The van der Waals surface area contributed by atoms with Crippen LogP contribution < -0.4 is 10.6 Å². The third kappa shape index (κ3) is 2.30. The fourth-order valence-corrected chi connectivity index (χ4v) is 4.37. The Morgan fingerprint density at radius 3 is 2.83 bits per heavy atom. The third-order valence-electron chi connectivity index (χ3n) is 4.06. The van der Waals surface area contributed by atoms with E-state index < -0.39 is 6.17 Å². The second-order valence-electron chi connectivity index (χ2n) is 5.82. The minimum Gasteiger partial charge on any atom is -0.508 e. The van der Waals surface area contributed by atoms with Crippen LogP contribution in [0, 0.1) is 13.8 Å². The van der Waals surface area contributed by atoms with Crippen molar-refractivity contribution in [2.45, 2.75) is 20.0 Å². The molecule has 24 heavy (non-hydrogen) atoms. The molecule has 1 amide bonds. The number of fused-ring (bicyclic) bond motifs is 3. The molecule has 5 nitrogen and oxygen atoms in total. The van der Waals surface area contributed by atoms with Crippen LogP contribution in [-0.4, -0.2) is 16.0 Å². The smallest absolute Gasteiger partial charge is 0.265 e. The Balaban J connectivity index is 1.87. The van der Waals surface area contributed by atoms with E-state index in [0.717, 1.165) is 27.2 Å². The number of phenols is 1. The summed E-state index contributed by atoms with van der Waals surface area (Å²) >= 11 is 7.40. The molecule has 0 saturated carbocycles. The highest BCUT2D eigenvalue weighted by Gasteiger charge is 2.31. The zero-order valence-corrected chi connectivity index (χ0v) is 14.5. The van der Waals surface area contributed by atoms with Crippen molar-refractivity contribution >= 4 is 44.7 Å². The number of hydrogen-bond acceptors (Lipinski definition) is 5. The van der Waals surface area contributed by atoms with Crippen molar-refractivity contribution < 1.29 is 9.90 Å². The Kier molecular flexibility index (Phi) is 3.40. The van der Waals surface area contributed by atoms with Crippen molar-refractivity contribution in [3.05, 3.63) is 51.0 Å². The predicted octanol–water partition coefficient (Wildman–Crippen LogP) is 4.13. The zero-order valence-electron chi connectivity index (χ0n) is 13.0. The van der Waals surface area contributed by atoms with E-state index in [4.69, 9.17) is 11.6 Å². The summed E-state index contributed by atoms with van der Waals surface area (Å²) in [6.07, 6.45) is -0.554. The van der Waals surface area contributed by atoms with Gasteiger partial charge in [-0.2, -0.15) is 0 Å². The standard InChI is InChI=1S/C17H14ClN3O2S/c1-7-5-8(2)19-17-12(7)13-14(24-17)16(23)21-15(20-13)10-6-9(18)3-4-11(10)22/h3-6,15,20,22H,1-2H3,(H,21,23)/t15-/m0/s1. The number of phenolic OH excluding ortho intramolecular Hbond substituents is 1. The van der Waals surface area contributed by atoms with Crippen molar-refractivity contribution in [1.29, 1.82) is 0 Å². The molecule has 0 radical (unpaired) electrons. The number of aromatic nitrogens is 1. The fraction of sp³-hybridized carbons (Fsp3) is 0.176. The summed E-state index contributed by atoms with van der Waals surface area (Å²) in [5.74, 6) is -0.112. The molecule has 0 aliphatic carbocycles. The first-order valence-corrected chi connectivity index (χ1v) is 8.60. The van der Waals surface area contributed by atoms with Crippen LogP contribution in [0.4, 0.5) is 5.69 Å². The Labute approximate surface area is 147 Å².